The number of esters is 1. The number of carbonyl (C=O) groups excluding carboxylic acids is 2. The number of fused-ring (bicyclic) bond motifs is 1. The number of benzene rings is 2. The number of ether oxygens (including phenoxy) is 1. The molecule has 6 nitrogen and oxygen atoms in total. The van der Waals surface area contributed by atoms with Crippen molar-refractivity contribution < 1.29 is 14.3 Å². The minimum atomic E-state index is -0.297. The van der Waals surface area contributed by atoms with E-state index in [0.717, 1.165) is 20.0 Å². The molecule has 3 aromatic rings. The minimum absolute atomic E-state index is 0.122. The second-order valence-electron chi connectivity index (χ2n) is 5.74. The first-order valence-corrected chi connectivity index (χ1v) is 9.49. The van der Waals surface area contributed by atoms with Crippen LogP contribution in [0.25, 0.3) is 10.9 Å². The van der Waals surface area contributed by atoms with Gasteiger partial charge in [0, 0.05) is 31.8 Å². The van der Waals surface area contributed by atoms with Crippen molar-refractivity contribution in [2.75, 3.05) is 6.61 Å². The second kappa shape index (κ2) is 8.81. The Kier molecular flexibility index (Phi) is 6.23. The van der Waals surface area contributed by atoms with E-state index >= 15 is 0 Å². The van der Waals surface area contributed by atoms with Gasteiger partial charge in [-0.15, -0.1) is 0 Å². The van der Waals surface area contributed by atoms with Gasteiger partial charge in [0.2, 0.25) is 0 Å². The smallest absolute Gasteiger partial charge is 0.325 e. The number of carbonyl (C=O) groups is 2. The first kappa shape index (κ1) is 19.1. The van der Waals surface area contributed by atoms with Crippen LogP contribution in [-0.2, 0) is 16.1 Å². The van der Waals surface area contributed by atoms with Crippen LogP contribution in [0.3, 0.4) is 0 Å². The molecule has 1 aromatic heterocycles. The molecule has 1 amide bonds. The van der Waals surface area contributed by atoms with E-state index in [1.54, 1.807) is 25.3 Å². The Hall–Kier alpha value is -2.68. The highest BCUT2D eigenvalue weighted by Gasteiger charge is 2.10. The minimum Gasteiger partial charge on any atom is -0.465 e. The van der Waals surface area contributed by atoms with Crippen LogP contribution >= 0.6 is 22.6 Å². The quantitative estimate of drug-likeness (QED) is 0.257. The van der Waals surface area contributed by atoms with E-state index < -0.39 is 0 Å². The molecule has 0 saturated carbocycles. The molecule has 27 heavy (non-hydrogen) atoms. The molecular weight excluding hydrogens is 457 g/mol. The summed E-state index contributed by atoms with van der Waals surface area (Å²) in [6.07, 6.45) is 3.40. The zero-order valence-corrected chi connectivity index (χ0v) is 16.8. The van der Waals surface area contributed by atoms with Crippen molar-refractivity contribution in [3.63, 3.8) is 0 Å². The number of amides is 1. The van der Waals surface area contributed by atoms with Gasteiger partial charge < -0.3 is 9.30 Å². The molecule has 0 spiro atoms. The molecule has 2 aromatic carbocycles. The second-order valence-corrected chi connectivity index (χ2v) is 6.99. The van der Waals surface area contributed by atoms with Crippen molar-refractivity contribution >= 4 is 51.6 Å². The molecule has 0 atom stereocenters. The summed E-state index contributed by atoms with van der Waals surface area (Å²) < 4.78 is 7.90. The van der Waals surface area contributed by atoms with Crippen LogP contribution in [0, 0.1) is 3.57 Å². The van der Waals surface area contributed by atoms with E-state index in [-0.39, 0.29) is 18.4 Å². The Morgan fingerprint density at radius 2 is 1.93 bits per heavy atom. The maximum absolute atomic E-state index is 12.1. The molecule has 0 radical (unpaired) electrons. The number of para-hydroxylation sites is 1. The number of aromatic nitrogens is 1. The van der Waals surface area contributed by atoms with E-state index in [1.165, 1.54) is 0 Å². The Morgan fingerprint density at radius 3 is 2.67 bits per heavy atom. The highest BCUT2D eigenvalue weighted by Crippen LogP contribution is 2.20. The van der Waals surface area contributed by atoms with Gasteiger partial charge in [0.05, 0.1) is 12.8 Å². The van der Waals surface area contributed by atoms with Crippen LogP contribution in [0.1, 0.15) is 22.8 Å². The van der Waals surface area contributed by atoms with Gasteiger partial charge in [-0.2, -0.15) is 5.10 Å². The highest BCUT2D eigenvalue weighted by molar-refractivity contribution is 14.1. The molecule has 0 saturated heterocycles. The number of nitrogens with one attached hydrogen (secondary N) is 1. The predicted octanol–water partition coefficient (Wildman–Crippen LogP) is 3.57. The number of hydrogen-bond acceptors (Lipinski definition) is 4. The fourth-order valence-electron chi connectivity index (χ4n) is 2.68. The molecule has 1 N–H and O–H groups in total. The van der Waals surface area contributed by atoms with Crippen LogP contribution in [0.5, 0.6) is 0 Å². The van der Waals surface area contributed by atoms with Crippen LogP contribution in [0.15, 0.2) is 59.8 Å². The third kappa shape index (κ3) is 4.73. The summed E-state index contributed by atoms with van der Waals surface area (Å²) in [6, 6.07) is 14.9. The normalized spacial score (nSPS) is 11.0. The third-order valence-electron chi connectivity index (χ3n) is 3.90. The van der Waals surface area contributed by atoms with E-state index in [0.29, 0.717) is 12.2 Å². The van der Waals surface area contributed by atoms with Crippen molar-refractivity contribution in [3.8, 4) is 0 Å². The van der Waals surface area contributed by atoms with Crippen molar-refractivity contribution in [1.29, 1.82) is 0 Å². The van der Waals surface area contributed by atoms with Crippen molar-refractivity contribution in [2.45, 2.75) is 13.5 Å². The summed E-state index contributed by atoms with van der Waals surface area (Å²) in [5.74, 6) is -0.577. The molecule has 1 heterocycles. The standard InChI is InChI=1S/C20H18IN3O3/c1-2-27-19(25)13-24-12-15(17-5-3-4-6-18(17)24)11-22-23-20(26)14-7-9-16(21)10-8-14/h3-12H,2,13H2,1H3,(H,23,26)/b22-11-. The molecule has 0 bridgehead atoms. The predicted molar refractivity (Wildman–Crippen MR) is 113 cm³/mol. The number of hydrazone groups is 1. The SMILES string of the molecule is CCOC(=O)Cn1cc(/C=N\NC(=O)c2ccc(I)cc2)c2ccccc21. The summed E-state index contributed by atoms with van der Waals surface area (Å²) in [5, 5.41) is 5.00. The molecule has 138 valence electrons. The van der Waals surface area contributed by atoms with Crippen LogP contribution in [0.2, 0.25) is 0 Å². The maximum atomic E-state index is 12.1. The van der Waals surface area contributed by atoms with Crippen molar-refractivity contribution in [1.82, 2.24) is 9.99 Å². The summed E-state index contributed by atoms with van der Waals surface area (Å²) in [4.78, 5) is 24.0. The van der Waals surface area contributed by atoms with Crippen molar-refractivity contribution in [2.24, 2.45) is 5.10 Å². The van der Waals surface area contributed by atoms with Gasteiger partial charge in [-0.05, 0) is 59.8 Å². The molecule has 0 fully saturated rings. The van der Waals surface area contributed by atoms with Gasteiger partial charge in [0.15, 0.2) is 0 Å². The van der Waals surface area contributed by atoms with Gasteiger partial charge in [-0.25, -0.2) is 5.43 Å². The summed E-state index contributed by atoms with van der Waals surface area (Å²) in [6.45, 7) is 2.24. The molecule has 7 heteroatoms. The Bertz CT molecular complexity index is 993. The molecule has 0 unspecified atom stereocenters. The lowest BCUT2D eigenvalue weighted by atomic mass is 10.2. The maximum Gasteiger partial charge on any atom is 0.325 e. The van der Waals surface area contributed by atoms with Crippen LogP contribution in [0.4, 0.5) is 0 Å². The molecule has 0 aliphatic heterocycles. The topological polar surface area (TPSA) is 72.7 Å². The number of rotatable bonds is 6. The molecular formula is C20H18IN3O3. The van der Waals surface area contributed by atoms with Gasteiger partial charge in [0.1, 0.15) is 6.54 Å². The lowest BCUT2D eigenvalue weighted by molar-refractivity contribution is -0.143. The van der Waals surface area contributed by atoms with Gasteiger partial charge in [-0.3, -0.25) is 9.59 Å². The third-order valence-corrected chi connectivity index (χ3v) is 4.62. The lowest BCUT2D eigenvalue weighted by Crippen LogP contribution is -2.17. The summed E-state index contributed by atoms with van der Waals surface area (Å²) in [7, 11) is 0. The Morgan fingerprint density at radius 1 is 1.19 bits per heavy atom. The molecule has 0 aliphatic rings. The van der Waals surface area contributed by atoms with E-state index in [4.69, 9.17) is 4.74 Å². The van der Waals surface area contributed by atoms with Gasteiger partial charge in [-0.1, -0.05) is 18.2 Å². The monoisotopic (exact) mass is 475 g/mol. The van der Waals surface area contributed by atoms with Crippen LogP contribution in [-0.4, -0.2) is 29.3 Å². The van der Waals surface area contributed by atoms with Gasteiger partial charge in [0.25, 0.3) is 5.91 Å². The first-order valence-electron chi connectivity index (χ1n) is 8.41. The zero-order valence-electron chi connectivity index (χ0n) is 14.7. The number of hydrogen-bond donors (Lipinski definition) is 1. The average Bonchev–Trinajstić information content (AvgIpc) is 3.00. The lowest BCUT2D eigenvalue weighted by Gasteiger charge is -2.04. The van der Waals surface area contributed by atoms with Gasteiger partial charge >= 0.3 is 5.97 Å². The van der Waals surface area contributed by atoms with Crippen molar-refractivity contribution in [3.05, 3.63) is 69.4 Å². The number of nitrogens with zero attached hydrogens (tertiary/aromatic N) is 2. The first-order chi connectivity index (χ1) is 13.1. The Labute approximate surface area is 170 Å². The average molecular weight is 475 g/mol. The Balaban J connectivity index is 1.78. The number of halogens is 1. The van der Waals surface area contributed by atoms with E-state index in [9.17, 15) is 9.59 Å². The van der Waals surface area contributed by atoms with E-state index in [1.807, 2.05) is 47.2 Å². The summed E-state index contributed by atoms with van der Waals surface area (Å²) >= 11 is 2.18. The molecule has 3 rings (SSSR count). The fourth-order valence-corrected chi connectivity index (χ4v) is 3.04. The fraction of sp³-hybridized carbons (Fsp3) is 0.150. The molecule has 0 aliphatic carbocycles. The largest absolute Gasteiger partial charge is 0.465 e. The van der Waals surface area contributed by atoms with Crippen LogP contribution < -0.4 is 5.43 Å². The highest BCUT2D eigenvalue weighted by atomic mass is 127. The van der Waals surface area contributed by atoms with E-state index in [2.05, 4.69) is 33.1 Å². The zero-order chi connectivity index (χ0) is 19.2. The summed E-state index contributed by atoms with van der Waals surface area (Å²) in [5.41, 5.74) is 4.77.